The molecular weight excluding hydrogens is 731 g/mol. The number of pyridine rings is 3. The molecule has 0 saturated carbocycles. The van der Waals surface area contributed by atoms with E-state index in [4.69, 9.17) is 7.16 Å². The molecule has 4 heterocycles. The predicted molar refractivity (Wildman–Crippen MR) is 179 cm³/mol. The van der Waals surface area contributed by atoms with Gasteiger partial charge in [-0.05, 0) is 70.2 Å². The molecule has 4 nitrogen and oxygen atoms in total. The van der Waals surface area contributed by atoms with Gasteiger partial charge in [0.2, 0.25) is 0 Å². The molecule has 0 saturated heterocycles. The van der Waals surface area contributed by atoms with Crippen LogP contribution >= 0.6 is 0 Å². The van der Waals surface area contributed by atoms with Gasteiger partial charge < -0.3 is 14.4 Å². The van der Waals surface area contributed by atoms with Gasteiger partial charge in [-0.15, -0.1) is 48.0 Å². The van der Waals surface area contributed by atoms with Gasteiger partial charge in [0.15, 0.2) is 0 Å². The summed E-state index contributed by atoms with van der Waals surface area (Å²) in [6.45, 7) is 5.70. The minimum absolute atomic E-state index is 0. The number of rotatable bonds is 4. The van der Waals surface area contributed by atoms with Crippen LogP contribution in [0.5, 0.6) is 0 Å². The summed E-state index contributed by atoms with van der Waals surface area (Å²) in [6, 6.07) is 40.1. The maximum Gasteiger partial charge on any atom is 0.123 e. The Labute approximate surface area is 279 Å². The van der Waals surface area contributed by atoms with Crippen LogP contribution in [0.1, 0.15) is 29.1 Å². The number of aromatic nitrogens is 3. The average molecular weight is 764 g/mol. The van der Waals surface area contributed by atoms with Gasteiger partial charge in [0.1, 0.15) is 5.58 Å². The van der Waals surface area contributed by atoms with Crippen molar-refractivity contribution in [3.63, 3.8) is 0 Å². The van der Waals surface area contributed by atoms with E-state index in [2.05, 4.69) is 45.3 Å². The van der Waals surface area contributed by atoms with Gasteiger partial charge in [-0.3, -0.25) is 4.98 Å². The quantitative estimate of drug-likeness (QED) is 0.132. The van der Waals surface area contributed by atoms with E-state index in [-0.39, 0.29) is 20.1 Å². The van der Waals surface area contributed by atoms with Gasteiger partial charge in [-0.2, -0.15) is 0 Å². The van der Waals surface area contributed by atoms with E-state index >= 15 is 0 Å². The summed E-state index contributed by atoms with van der Waals surface area (Å²) in [5.41, 5.74) is 8.21. The van der Waals surface area contributed by atoms with Crippen LogP contribution in [0.4, 0.5) is 0 Å². The van der Waals surface area contributed by atoms with Crippen molar-refractivity contribution in [3.05, 3.63) is 139 Å². The van der Waals surface area contributed by atoms with Crippen LogP contribution in [0.25, 0.3) is 66.5 Å². The van der Waals surface area contributed by atoms with Gasteiger partial charge in [-0.25, -0.2) is 0 Å². The van der Waals surface area contributed by atoms with Crippen molar-refractivity contribution in [3.8, 4) is 33.6 Å². The summed E-state index contributed by atoms with van der Waals surface area (Å²) in [5.74, 6) is 0. The molecule has 4 aromatic carbocycles. The molecule has 5 heteroatoms. The zero-order valence-electron chi connectivity index (χ0n) is 27.1. The Bertz CT molecular complexity index is 2220. The molecule has 0 atom stereocenters. The fourth-order valence-electron chi connectivity index (χ4n) is 5.43. The number of furan rings is 1. The summed E-state index contributed by atoms with van der Waals surface area (Å²) in [4.78, 5) is 13.4. The van der Waals surface area contributed by atoms with E-state index in [1.807, 2.05) is 112 Å². The molecule has 1 radical (unpaired) electrons. The molecule has 45 heavy (non-hydrogen) atoms. The molecule has 0 aliphatic rings. The van der Waals surface area contributed by atoms with E-state index in [1.165, 1.54) is 11.1 Å². The van der Waals surface area contributed by atoms with E-state index in [0.717, 1.165) is 44.1 Å². The minimum atomic E-state index is -1.50. The maximum atomic E-state index is 8.59. The fourth-order valence-corrected chi connectivity index (χ4v) is 5.43. The van der Waals surface area contributed by atoms with E-state index < -0.39 is 11.8 Å². The second kappa shape index (κ2) is 12.7. The van der Waals surface area contributed by atoms with E-state index in [9.17, 15) is 0 Å². The van der Waals surface area contributed by atoms with Crippen molar-refractivity contribution in [2.75, 3.05) is 0 Å². The SMILES string of the molecule is [2H]C([2H])(c1ccnc(-c2[c-]cc3cnc4cccc5oc2c3c45)c1)C(C)(C)C.[Ir].[c-]1ccccc1-c1cc(-c2ccccc2)ccn1. The van der Waals surface area contributed by atoms with Crippen LogP contribution in [0.2, 0.25) is 0 Å². The van der Waals surface area contributed by atoms with Crippen LogP contribution in [-0.4, -0.2) is 15.0 Å². The zero-order chi connectivity index (χ0) is 31.9. The van der Waals surface area contributed by atoms with Crippen LogP contribution in [0.3, 0.4) is 0 Å². The van der Waals surface area contributed by atoms with Crippen molar-refractivity contribution in [2.24, 2.45) is 5.41 Å². The minimum Gasteiger partial charge on any atom is -0.500 e. The smallest absolute Gasteiger partial charge is 0.123 e. The Morgan fingerprint density at radius 2 is 1.56 bits per heavy atom. The third-order valence-corrected chi connectivity index (χ3v) is 7.31. The normalized spacial score (nSPS) is 12.3. The Balaban J connectivity index is 0.000000176. The van der Waals surface area contributed by atoms with Crippen molar-refractivity contribution < 1.29 is 27.3 Å². The van der Waals surface area contributed by atoms with Crippen LogP contribution in [-0.2, 0) is 26.5 Å². The maximum absolute atomic E-state index is 8.59. The topological polar surface area (TPSA) is 51.8 Å². The molecule has 8 rings (SSSR count). The number of nitrogens with zero attached hydrogens (tertiary/aromatic N) is 3. The molecule has 0 amide bonds. The number of hydrogen-bond donors (Lipinski definition) is 0. The zero-order valence-corrected chi connectivity index (χ0v) is 27.5. The Kier molecular flexibility index (Phi) is 7.87. The van der Waals surface area contributed by atoms with Gasteiger partial charge in [-0.1, -0.05) is 85.8 Å². The summed E-state index contributed by atoms with van der Waals surface area (Å²) in [7, 11) is 0. The summed E-state index contributed by atoms with van der Waals surface area (Å²) < 4.78 is 23.4. The van der Waals surface area contributed by atoms with E-state index in [0.29, 0.717) is 16.8 Å². The van der Waals surface area contributed by atoms with Gasteiger partial charge in [0.05, 0.1) is 11.1 Å². The monoisotopic (exact) mass is 764 g/mol. The molecular formula is C40H31IrN3O-2. The Hall–Kier alpha value is -4.70. The van der Waals surface area contributed by atoms with Crippen LogP contribution in [0.15, 0.2) is 126 Å². The molecule has 0 aliphatic heterocycles. The molecule has 0 N–H and O–H groups in total. The molecule has 223 valence electrons. The van der Waals surface area contributed by atoms with Crippen molar-refractivity contribution >= 4 is 32.8 Å². The second-order valence-electron chi connectivity index (χ2n) is 11.7. The molecule has 0 spiro atoms. The standard InChI is InChI=1S/C23H19N2O.C17H12N.Ir/c1-23(2,3)12-14-9-10-24-18(11-14)16-8-7-15-13-25-17-5-4-6-19-21(17)20(15)22(16)26-19;1-3-7-14(8-4-1)16-11-12-18-17(13-16)15-9-5-2-6-10-15;/h4-7,9-11,13H,12H2,1-3H3;1-9,11-13H;/q2*-1;/i12D2;;. The van der Waals surface area contributed by atoms with E-state index in [1.54, 1.807) is 12.3 Å². The summed E-state index contributed by atoms with van der Waals surface area (Å²) >= 11 is 0. The van der Waals surface area contributed by atoms with Gasteiger partial charge >= 0.3 is 0 Å². The summed E-state index contributed by atoms with van der Waals surface area (Å²) in [5, 5.41) is 2.99. The molecule has 8 aromatic rings. The number of benzene rings is 4. The number of hydrogen-bond acceptors (Lipinski definition) is 4. The first-order valence-electron chi connectivity index (χ1n) is 15.6. The summed E-state index contributed by atoms with van der Waals surface area (Å²) in [6.07, 6.45) is 3.84. The van der Waals surface area contributed by atoms with Crippen molar-refractivity contribution in [1.82, 2.24) is 15.0 Å². The molecule has 0 unspecified atom stereocenters. The predicted octanol–water partition coefficient (Wildman–Crippen LogP) is 10.2. The molecule has 0 bridgehead atoms. The molecule has 4 aromatic heterocycles. The van der Waals surface area contributed by atoms with Crippen molar-refractivity contribution in [1.29, 1.82) is 0 Å². The van der Waals surface area contributed by atoms with Crippen molar-refractivity contribution in [2.45, 2.75) is 27.1 Å². The Morgan fingerprint density at radius 1 is 0.756 bits per heavy atom. The third-order valence-electron chi connectivity index (χ3n) is 7.31. The third kappa shape index (κ3) is 6.42. The average Bonchev–Trinajstić information content (AvgIpc) is 3.49. The largest absolute Gasteiger partial charge is 0.500 e. The first-order valence-corrected chi connectivity index (χ1v) is 14.6. The molecule has 0 fully saturated rings. The first kappa shape index (κ1) is 27.8. The first-order chi connectivity index (χ1) is 22.2. The Morgan fingerprint density at radius 3 is 2.36 bits per heavy atom. The molecule has 0 aliphatic carbocycles. The van der Waals surface area contributed by atoms with Crippen LogP contribution in [0, 0.1) is 17.5 Å². The van der Waals surface area contributed by atoms with Gasteiger partial charge in [0, 0.05) is 40.6 Å². The second-order valence-corrected chi connectivity index (χ2v) is 11.7. The van der Waals surface area contributed by atoms with Crippen LogP contribution < -0.4 is 0 Å². The van der Waals surface area contributed by atoms with Gasteiger partial charge in [0.25, 0.3) is 0 Å². The fraction of sp³-hybridized carbons (Fsp3) is 0.125.